The number of carbonyl (C=O) groups is 1. The maximum atomic E-state index is 12.6. The number of nitrogens with zero attached hydrogens (tertiary/aromatic N) is 4. The molecular weight excluding hydrogens is 346 g/mol. The number of anilines is 1. The Morgan fingerprint density at radius 2 is 1.93 bits per heavy atom. The molecule has 2 amide bonds. The van der Waals surface area contributed by atoms with E-state index in [2.05, 4.69) is 33.2 Å². The zero-order valence-corrected chi connectivity index (χ0v) is 15.9. The third-order valence-corrected chi connectivity index (χ3v) is 4.63. The van der Waals surface area contributed by atoms with E-state index in [1.54, 1.807) is 17.0 Å². The standard InChI is InChI=1S/C19H25N5O3/c1-14-5-4-8-20-16(14)13-23-9-11-24(12-10-23)19(25)21-15-6-7-17(26-2)22-18(15)27-3/h4-8H,9-13H2,1-3H3,(H,21,25). The first-order valence-corrected chi connectivity index (χ1v) is 8.88. The van der Waals surface area contributed by atoms with Crippen molar-refractivity contribution in [3.8, 4) is 11.8 Å². The third-order valence-electron chi connectivity index (χ3n) is 4.63. The van der Waals surface area contributed by atoms with Gasteiger partial charge in [-0.3, -0.25) is 9.88 Å². The molecule has 0 atom stereocenters. The number of pyridine rings is 2. The largest absolute Gasteiger partial charge is 0.481 e. The molecule has 2 aromatic heterocycles. The van der Waals surface area contributed by atoms with Crippen molar-refractivity contribution in [2.75, 3.05) is 45.7 Å². The van der Waals surface area contributed by atoms with Crippen LogP contribution in [-0.4, -0.2) is 66.2 Å². The van der Waals surface area contributed by atoms with Gasteiger partial charge in [-0.15, -0.1) is 0 Å². The van der Waals surface area contributed by atoms with Crippen LogP contribution in [0.2, 0.25) is 0 Å². The van der Waals surface area contributed by atoms with Gasteiger partial charge in [0.15, 0.2) is 0 Å². The highest BCUT2D eigenvalue weighted by molar-refractivity contribution is 5.90. The molecule has 1 aliphatic rings. The molecule has 27 heavy (non-hydrogen) atoms. The highest BCUT2D eigenvalue weighted by atomic mass is 16.5. The van der Waals surface area contributed by atoms with Gasteiger partial charge in [-0.1, -0.05) is 6.07 Å². The molecule has 3 rings (SSSR count). The molecule has 0 aliphatic carbocycles. The van der Waals surface area contributed by atoms with Crippen molar-refractivity contribution in [3.63, 3.8) is 0 Å². The van der Waals surface area contributed by atoms with Gasteiger partial charge < -0.3 is 19.7 Å². The second-order valence-corrected chi connectivity index (χ2v) is 6.37. The maximum Gasteiger partial charge on any atom is 0.322 e. The highest BCUT2D eigenvalue weighted by Crippen LogP contribution is 2.25. The summed E-state index contributed by atoms with van der Waals surface area (Å²) < 4.78 is 10.3. The quantitative estimate of drug-likeness (QED) is 0.868. The van der Waals surface area contributed by atoms with Gasteiger partial charge in [0.05, 0.1) is 19.9 Å². The number of hydrogen-bond acceptors (Lipinski definition) is 6. The first kappa shape index (κ1) is 18.9. The molecule has 0 unspecified atom stereocenters. The molecule has 8 nitrogen and oxygen atoms in total. The van der Waals surface area contributed by atoms with Gasteiger partial charge in [0.2, 0.25) is 11.8 Å². The topological polar surface area (TPSA) is 79.8 Å². The molecule has 0 aromatic carbocycles. The van der Waals surface area contributed by atoms with Crippen molar-refractivity contribution in [1.82, 2.24) is 19.8 Å². The van der Waals surface area contributed by atoms with Crippen molar-refractivity contribution >= 4 is 11.7 Å². The van der Waals surface area contributed by atoms with Crippen LogP contribution in [0.4, 0.5) is 10.5 Å². The van der Waals surface area contributed by atoms with E-state index in [0.29, 0.717) is 30.5 Å². The minimum Gasteiger partial charge on any atom is -0.481 e. The summed E-state index contributed by atoms with van der Waals surface area (Å²) in [4.78, 5) is 25.3. The zero-order chi connectivity index (χ0) is 19.2. The second-order valence-electron chi connectivity index (χ2n) is 6.37. The van der Waals surface area contributed by atoms with Crippen LogP contribution >= 0.6 is 0 Å². The Labute approximate surface area is 159 Å². The fourth-order valence-electron chi connectivity index (χ4n) is 2.99. The predicted molar refractivity (Wildman–Crippen MR) is 102 cm³/mol. The molecule has 8 heteroatoms. The van der Waals surface area contributed by atoms with Gasteiger partial charge in [0, 0.05) is 45.0 Å². The van der Waals surface area contributed by atoms with Gasteiger partial charge in [-0.05, 0) is 24.6 Å². The average molecular weight is 371 g/mol. The van der Waals surface area contributed by atoms with Crippen LogP contribution in [0.3, 0.4) is 0 Å². The number of carbonyl (C=O) groups excluding carboxylic acids is 1. The minimum absolute atomic E-state index is 0.158. The zero-order valence-electron chi connectivity index (χ0n) is 15.9. The van der Waals surface area contributed by atoms with Gasteiger partial charge in [-0.2, -0.15) is 4.98 Å². The van der Waals surface area contributed by atoms with Crippen LogP contribution in [0.15, 0.2) is 30.5 Å². The summed E-state index contributed by atoms with van der Waals surface area (Å²) >= 11 is 0. The summed E-state index contributed by atoms with van der Waals surface area (Å²) in [7, 11) is 3.04. The van der Waals surface area contributed by atoms with E-state index in [-0.39, 0.29) is 6.03 Å². The van der Waals surface area contributed by atoms with E-state index in [0.717, 1.165) is 25.3 Å². The van der Waals surface area contributed by atoms with Gasteiger partial charge in [0.25, 0.3) is 0 Å². The van der Waals surface area contributed by atoms with Crippen molar-refractivity contribution in [3.05, 3.63) is 41.7 Å². The molecule has 1 saturated heterocycles. The van der Waals surface area contributed by atoms with E-state index < -0.39 is 0 Å². The second kappa shape index (κ2) is 8.68. The summed E-state index contributed by atoms with van der Waals surface area (Å²) in [6.45, 7) is 5.80. The van der Waals surface area contributed by atoms with E-state index in [4.69, 9.17) is 9.47 Å². The Hall–Kier alpha value is -2.87. The number of methoxy groups -OCH3 is 2. The Balaban J connectivity index is 1.55. The fraction of sp³-hybridized carbons (Fsp3) is 0.421. The van der Waals surface area contributed by atoms with Gasteiger partial charge >= 0.3 is 6.03 Å². The number of piperazine rings is 1. The van der Waals surface area contributed by atoms with Gasteiger partial charge in [-0.25, -0.2) is 4.79 Å². The highest BCUT2D eigenvalue weighted by Gasteiger charge is 2.22. The van der Waals surface area contributed by atoms with Crippen LogP contribution in [0.5, 0.6) is 11.8 Å². The number of nitrogens with one attached hydrogen (secondary N) is 1. The maximum absolute atomic E-state index is 12.6. The molecule has 144 valence electrons. The van der Waals surface area contributed by atoms with E-state index in [1.165, 1.54) is 19.8 Å². The molecule has 1 fully saturated rings. The van der Waals surface area contributed by atoms with Crippen molar-refractivity contribution in [2.45, 2.75) is 13.5 Å². The summed E-state index contributed by atoms with van der Waals surface area (Å²) in [5.41, 5.74) is 2.80. The van der Waals surface area contributed by atoms with Crippen LogP contribution in [0.1, 0.15) is 11.3 Å². The number of ether oxygens (including phenoxy) is 2. The number of aromatic nitrogens is 2. The van der Waals surface area contributed by atoms with Crippen LogP contribution < -0.4 is 14.8 Å². The number of rotatable bonds is 5. The lowest BCUT2D eigenvalue weighted by molar-refractivity contribution is 0.142. The molecule has 2 aromatic rings. The first-order valence-electron chi connectivity index (χ1n) is 8.88. The summed E-state index contributed by atoms with van der Waals surface area (Å²) in [5.74, 6) is 0.759. The molecule has 3 heterocycles. The lowest BCUT2D eigenvalue weighted by Gasteiger charge is -2.34. The Morgan fingerprint density at radius 1 is 1.15 bits per heavy atom. The Kier molecular flexibility index (Phi) is 6.08. The van der Waals surface area contributed by atoms with E-state index in [9.17, 15) is 4.79 Å². The fourth-order valence-corrected chi connectivity index (χ4v) is 2.99. The summed E-state index contributed by atoms with van der Waals surface area (Å²) in [6.07, 6.45) is 1.82. The summed E-state index contributed by atoms with van der Waals surface area (Å²) in [5, 5.41) is 2.87. The number of hydrogen-bond donors (Lipinski definition) is 1. The molecular formula is C19H25N5O3. The monoisotopic (exact) mass is 371 g/mol. The number of urea groups is 1. The predicted octanol–water partition coefficient (Wildman–Crippen LogP) is 2.15. The molecule has 0 bridgehead atoms. The normalized spacial score (nSPS) is 14.7. The molecule has 0 radical (unpaired) electrons. The number of amides is 2. The Morgan fingerprint density at radius 3 is 2.59 bits per heavy atom. The van der Waals surface area contributed by atoms with Crippen LogP contribution in [-0.2, 0) is 6.54 Å². The SMILES string of the molecule is COc1ccc(NC(=O)N2CCN(Cc3ncccc3C)CC2)c(OC)n1. The van der Waals surface area contributed by atoms with E-state index in [1.807, 2.05) is 12.3 Å². The Bertz CT molecular complexity index is 791. The lowest BCUT2D eigenvalue weighted by Crippen LogP contribution is -2.49. The van der Waals surface area contributed by atoms with Gasteiger partial charge in [0.1, 0.15) is 5.69 Å². The van der Waals surface area contributed by atoms with Crippen molar-refractivity contribution < 1.29 is 14.3 Å². The smallest absolute Gasteiger partial charge is 0.322 e. The average Bonchev–Trinajstić information content (AvgIpc) is 2.70. The molecule has 1 aliphatic heterocycles. The van der Waals surface area contributed by atoms with E-state index >= 15 is 0 Å². The van der Waals surface area contributed by atoms with Crippen LogP contribution in [0.25, 0.3) is 0 Å². The first-order chi connectivity index (χ1) is 13.1. The van der Waals surface area contributed by atoms with Crippen LogP contribution in [0, 0.1) is 6.92 Å². The lowest BCUT2D eigenvalue weighted by atomic mass is 10.2. The third kappa shape index (κ3) is 4.65. The molecule has 0 saturated carbocycles. The molecule has 1 N–H and O–H groups in total. The van der Waals surface area contributed by atoms with Crippen molar-refractivity contribution in [2.24, 2.45) is 0 Å². The van der Waals surface area contributed by atoms with Crippen molar-refractivity contribution in [1.29, 1.82) is 0 Å². The molecule has 0 spiro atoms. The summed E-state index contributed by atoms with van der Waals surface area (Å²) in [6, 6.07) is 7.27. The minimum atomic E-state index is -0.158. The number of aryl methyl sites for hydroxylation is 1.